The Morgan fingerprint density at radius 2 is 1.80 bits per heavy atom. The second-order valence-electron chi connectivity index (χ2n) is 4.51. The van der Waals surface area contributed by atoms with Gasteiger partial charge in [0.2, 0.25) is 10.0 Å². The smallest absolute Gasteiger partial charge is 0.338 e. The molecule has 6 nitrogen and oxygen atoms in total. The molecule has 2 N–H and O–H groups in total. The Hall–Kier alpha value is -1.44. The molecule has 7 heteroatoms. The molecular weight excluding hydrogens is 282 g/mol. The van der Waals surface area contributed by atoms with Crippen LogP contribution < -0.4 is 5.14 Å². The van der Waals surface area contributed by atoms with Crippen LogP contribution in [0, 0.1) is 20.8 Å². The Bertz CT molecular complexity index is 622. The Kier molecular flexibility index (Phi) is 5.27. The highest BCUT2D eigenvalue weighted by molar-refractivity contribution is 7.89. The summed E-state index contributed by atoms with van der Waals surface area (Å²) in [6, 6.07) is 1.61. The van der Waals surface area contributed by atoms with Gasteiger partial charge < -0.3 is 9.47 Å². The summed E-state index contributed by atoms with van der Waals surface area (Å²) >= 11 is 0. The number of benzene rings is 1. The number of carbonyl (C=O) groups is 1. The van der Waals surface area contributed by atoms with Crippen LogP contribution in [0.3, 0.4) is 0 Å². The Morgan fingerprint density at radius 1 is 1.20 bits per heavy atom. The maximum Gasteiger partial charge on any atom is 0.338 e. The first-order valence-corrected chi connectivity index (χ1v) is 7.54. The molecular formula is C13H19NO5S. The van der Waals surface area contributed by atoms with Gasteiger partial charge in [-0.15, -0.1) is 0 Å². The molecule has 0 aliphatic rings. The van der Waals surface area contributed by atoms with Crippen molar-refractivity contribution in [2.75, 3.05) is 20.3 Å². The molecule has 0 bridgehead atoms. The van der Waals surface area contributed by atoms with Crippen molar-refractivity contribution >= 4 is 16.0 Å². The van der Waals surface area contributed by atoms with E-state index in [9.17, 15) is 13.2 Å². The molecule has 1 aromatic carbocycles. The lowest BCUT2D eigenvalue weighted by Crippen LogP contribution is -2.19. The average molecular weight is 301 g/mol. The Balaban J connectivity index is 3.31. The Morgan fingerprint density at radius 3 is 2.30 bits per heavy atom. The predicted molar refractivity (Wildman–Crippen MR) is 74.2 cm³/mol. The van der Waals surface area contributed by atoms with E-state index in [1.807, 2.05) is 0 Å². The van der Waals surface area contributed by atoms with Gasteiger partial charge in [0.1, 0.15) is 6.61 Å². The largest absolute Gasteiger partial charge is 0.460 e. The number of hydrogen-bond acceptors (Lipinski definition) is 5. The summed E-state index contributed by atoms with van der Waals surface area (Å²) in [7, 11) is -2.40. The van der Waals surface area contributed by atoms with E-state index in [0.29, 0.717) is 16.7 Å². The standard InChI is InChI=1S/C13H19NO5S/c1-8-7-9(2)12(20(14,16)17)10(3)11(8)13(15)19-6-5-18-4/h7H,5-6H2,1-4H3,(H2,14,16,17). The molecule has 0 aliphatic heterocycles. The van der Waals surface area contributed by atoms with Crippen molar-refractivity contribution in [3.8, 4) is 0 Å². The van der Waals surface area contributed by atoms with Gasteiger partial charge in [-0.25, -0.2) is 18.4 Å². The van der Waals surface area contributed by atoms with Crippen LogP contribution >= 0.6 is 0 Å². The van der Waals surface area contributed by atoms with Crippen LogP contribution in [0.2, 0.25) is 0 Å². The summed E-state index contributed by atoms with van der Waals surface area (Å²) in [4.78, 5) is 12.0. The second kappa shape index (κ2) is 6.34. The quantitative estimate of drug-likeness (QED) is 0.648. The number of carbonyl (C=O) groups excluding carboxylic acids is 1. The number of ether oxygens (including phenoxy) is 2. The third-order valence-corrected chi connectivity index (χ3v) is 4.11. The fourth-order valence-corrected chi connectivity index (χ4v) is 3.25. The molecule has 0 amide bonds. The second-order valence-corrected chi connectivity index (χ2v) is 6.01. The molecule has 0 aliphatic carbocycles. The molecule has 0 atom stereocenters. The molecule has 0 radical (unpaired) electrons. The summed E-state index contributed by atoms with van der Waals surface area (Å²) in [5.41, 5.74) is 1.70. The number of esters is 1. The highest BCUT2D eigenvalue weighted by Crippen LogP contribution is 2.26. The lowest BCUT2D eigenvalue weighted by molar-refractivity contribution is 0.0386. The number of aryl methyl sites for hydroxylation is 2. The molecule has 0 unspecified atom stereocenters. The topological polar surface area (TPSA) is 95.7 Å². The van der Waals surface area contributed by atoms with Crippen molar-refractivity contribution in [1.82, 2.24) is 0 Å². The van der Waals surface area contributed by atoms with Crippen LogP contribution in [-0.2, 0) is 19.5 Å². The minimum Gasteiger partial charge on any atom is -0.460 e. The van der Waals surface area contributed by atoms with Crippen molar-refractivity contribution in [1.29, 1.82) is 0 Å². The highest BCUT2D eigenvalue weighted by atomic mass is 32.2. The number of rotatable bonds is 5. The van der Waals surface area contributed by atoms with E-state index in [4.69, 9.17) is 14.6 Å². The van der Waals surface area contributed by atoms with Crippen molar-refractivity contribution in [3.63, 3.8) is 0 Å². The highest BCUT2D eigenvalue weighted by Gasteiger charge is 2.23. The summed E-state index contributed by atoms with van der Waals surface area (Å²) in [6.07, 6.45) is 0. The molecule has 1 aromatic rings. The number of primary sulfonamides is 1. The van der Waals surface area contributed by atoms with E-state index >= 15 is 0 Å². The van der Waals surface area contributed by atoms with Gasteiger partial charge in [0.25, 0.3) is 0 Å². The van der Waals surface area contributed by atoms with Crippen molar-refractivity contribution < 1.29 is 22.7 Å². The van der Waals surface area contributed by atoms with Gasteiger partial charge in [-0.1, -0.05) is 6.07 Å². The number of nitrogens with two attached hydrogens (primary N) is 1. The van der Waals surface area contributed by atoms with Crippen LogP contribution in [0.15, 0.2) is 11.0 Å². The van der Waals surface area contributed by atoms with Crippen LogP contribution in [0.25, 0.3) is 0 Å². The van der Waals surface area contributed by atoms with E-state index in [1.165, 1.54) is 7.11 Å². The number of hydrogen-bond donors (Lipinski definition) is 1. The van der Waals surface area contributed by atoms with Gasteiger partial charge in [-0.05, 0) is 37.5 Å². The zero-order chi connectivity index (χ0) is 15.5. The average Bonchev–Trinajstić information content (AvgIpc) is 2.26. The lowest BCUT2D eigenvalue weighted by atomic mass is 10.00. The molecule has 0 saturated carbocycles. The molecule has 112 valence electrons. The van der Waals surface area contributed by atoms with Crippen molar-refractivity contribution in [2.45, 2.75) is 25.7 Å². The lowest BCUT2D eigenvalue weighted by Gasteiger charge is -2.15. The third kappa shape index (κ3) is 3.56. The van der Waals surface area contributed by atoms with Gasteiger partial charge in [0.05, 0.1) is 17.1 Å². The molecule has 1 rings (SSSR count). The van der Waals surface area contributed by atoms with E-state index in [0.717, 1.165) is 0 Å². The first-order valence-electron chi connectivity index (χ1n) is 5.99. The maximum absolute atomic E-state index is 12.0. The maximum atomic E-state index is 12.0. The number of methoxy groups -OCH3 is 1. The fraction of sp³-hybridized carbons (Fsp3) is 0.462. The van der Waals surface area contributed by atoms with Crippen LogP contribution in [0.5, 0.6) is 0 Å². The van der Waals surface area contributed by atoms with Crippen LogP contribution in [-0.4, -0.2) is 34.7 Å². The van der Waals surface area contributed by atoms with Gasteiger partial charge in [-0.3, -0.25) is 0 Å². The normalized spacial score (nSPS) is 11.4. The summed E-state index contributed by atoms with van der Waals surface area (Å²) in [5.74, 6) is -0.582. The van der Waals surface area contributed by atoms with Gasteiger partial charge in [-0.2, -0.15) is 0 Å². The Labute approximate surface area is 118 Å². The molecule has 0 fully saturated rings. The van der Waals surface area contributed by atoms with Crippen LogP contribution in [0.4, 0.5) is 0 Å². The van der Waals surface area contributed by atoms with Crippen molar-refractivity contribution in [2.24, 2.45) is 5.14 Å². The minimum atomic E-state index is -3.89. The fourth-order valence-electron chi connectivity index (χ4n) is 2.21. The summed E-state index contributed by atoms with van der Waals surface area (Å²) < 4.78 is 33.1. The van der Waals surface area contributed by atoms with Gasteiger partial charge in [0.15, 0.2) is 0 Å². The predicted octanol–water partition coefficient (Wildman–Crippen LogP) is 1.06. The zero-order valence-electron chi connectivity index (χ0n) is 12.0. The monoisotopic (exact) mass is 301 g/mol. The van der Waals surface area contributed by atoms with Gasteiger partial charge in [0, 0.05) is 7.11 Å². The zero-order valence-corrected chi connectivity index (χ0v) is 12.8. The summed E-state index contributed by atoms with van der Waals surface area (Å²) in [6.45, 7) is 5.29. The molecule has 20 heavy (non-hydrogen) atoms. The first kappa shape index (κ1) is 16.6. The van der Waals surface area contributed by atoms with Gasteiger partial charge >= 0.3 is 5.97 Å². The minimum absolute atomic E-state index is 0.0261. The summed E-state index contributed by atoms with van der Waals surface area (Å²) in [5, 5.41) is 5.20. The molecule has 0 aromatic heterocycles. The van der Waals surface area contributed by atoms with E-state index in [-0.39, 0.29) is 23.7 Å². The molecule has 0 heterocycles. The molecule has 0 saturated heterocycles. The SMILES string of the molecule is COCCOC(=O)c1c(C)cc(C)c(S(N)(=O)=O)c1C. The van der Waals surface area contributed by atoms with E-state index in [1.54, 1.807) is 26.8 Å². The third-order valence-electron chi connectivity index (χ3n) is 2.91. The molecule has 0 spiro atoms. The van der Waals surface area contributed by atoms with E-state index in [2.05, 4.69) is 0 Å². The van der Waals surface area contributed by atoms with Crippen molar-refractivity contribution in [3.05, 3.63) is 28.3 Å². The first-order chi connectivity index (χ1) is 9.20. The number of sulfonamides is 1. The van der Waals surface area contributed by atoms with Crippen LogP contribution in [0.1, 0.15) is 27.0 Å². The van der Waals surface area contributed by atoms with E-state index < -0.39 is 16.0 Å².